The highest BCUT2D eigenvalue weighted by atomic mass is 35.5. The number of nitrogens with zero attached hydrogens (tertiary/aromatic N) is 2. The van der Waals surface area contributed by atoms with E-state index in [0.29, 0.717) is 10.6 Å². The Hall–Kier alpha value is -2.03. The van der Waals surface area contributed by atoms with Crippen molar-refractivity contribution in [1.82, 2.24) is 9.97 Å². The molecule has 1 aromatic carbocycles. The zero-order valence-electron chi connectivity index (χ0n) is 13.7. The number of rotatable bonds is 7. The number of ether oxygens (including phenoxy) is 2. The number of aliphatic hydroxyl groups excluding tert-OH is 1. The summed E-state index contributed by atoms with van der Waals surface area (Å²) in [5.41, 5.74) is 1.37. The normalized spacial score (nSPS) is 11.8. The van der Waals surface area contributed by atoms with Crippen LogP contribution in [0, 0.1) is 0 Å². The number of hydrogen-bond donors (Lipinski definition) is 1. The van der Waals surface area contributed by atoms with Gasteiger partial charge in [0.15, 0.2) is 0 Å². The Labute approximate surface area is 152 Å². The third kappa shape index (κ3) is 4.97. The minimum Gasteiger partial charge on any atom is -0.472 e. The van der Waals surface area contributed by atoms with Crippen LogP contribution in [-0.4, -0.2) is 38.1 Å². The standard InChI is InChI=1S/C16H17ClN2O5S/c1-3-23-15(21)12-7-18-16(25(2)22)19-14(12)24-9-10-4-5-11(8-20)13(17)6-10/h4-7,20H,3,8-9H2,1-2H3. The van der Waals surface area contributed by atoms with E-state index in [1.807, 2.05) is 0 Å². The summed E-state index contributed by atoms with van der Waals surface area (Å²) in [7, 11) is -1.42. The predicted octanol–water partition coefficient (Wildman–Crippen LogP) is 2.12. The summed E-state index contributed by atoms with van der Waals surface area (Å²) >= 11 is 6.05. The van der Waals surface area contributed by atoms with E-state index in [1.54, 1.807) is 25.1 Å². The lowest BCUT2D eigenvalue weighted by atomic mass is 10.1. The van der Waals surface area contributed by atoms with E-state index >= 15 is 0 Å². The van der Waals surface area contributed by atoms with Gasteiger partial charge in [-0.25, -0.2) is 9.78 Å². The van der Waals surface area contributed by atoms with Crippen molar-refractivity contribution in [3.8, 4) is 5.88 Å². The van der Waals surface area contributed by atoms with Gasteiger partial charge in [-0.2, -0.15) is 4.98 Å². The third-order valence-electron chi connectivity index (χ3n) is 3.15. The van der Waals surface area contributed by atoms with Crippen LogP contribution in [0.4, 0.5) is 0 Å². The second-order valence-electron chi connectivity index (χ2n) is 4.92. The van der Waals surface area contributed by atoms with Crippen LogP contribution in [0.2, 0.25) is 5.02 Å². The first kappa shape index (κ1) is 19.3. The SMILES string of the molecule is CCOC(=O)c1cnc(S(C)=O)nc1OCc1ccc(CO)c(Cl)c1. The summed E-state index contributed by atoms with van der Waals surface area (Å²) < 4.78 is 22.1. The molecular weight excluding hydrogens is 368 g/mol. The second kappa shape index (κ2) is 8.89. The van der Waals surface area contributed by atoms with Gasteiger partial charge >= 0.3 is 5.97 Å². The van der Waals surface area contributed by atoms with Gasteiger partial charge < -0.3 is 14.6 Å². The molecule has 0 saturated heterocycles. The quantitative estimate of drug-likeness (QED) is 0.576. The fraction of sp³-hybridized carbons (Fsp3) is 0.312. The number of carbonyl (C=O) groups excluding carboxylic acids is 1. The number of hydrogen-bond acceptors (Lipinski definition) is 7. The molecule has 2 aromatic rings. The van der Waals surface area contributed by atoms with Crippen molar-refractivity contribution in [3.05, 3.63) is 46.1 Å². The van der Waals surface area contributed by atoms with Crippen LogP contribution in [0.15, 0.2) is 29.6 Å². The van der Waals surface area contributed by atoms with Crippen molar-refractivity contribution in [2.75, 3.05) is 12.9 Å². The summed E-state index contributed by atoms with van der Waals surface area (Å²) in [5.74, 6) is -0.638. The van der Waals surface area contributed by atoms with Gasteiger partial charge in [-0.15, -0.1) is 0 Å². The molecular formula is C16H17ClN2O5S. The number of halogens is 1. The molecule has 0 aliphatic carbocycles. The lowest BCUT2D eigenvalue weighted by Gasteiger charge is -2.11. The van der Waals surface area contributed by atoms with E-state index in [9.17, 15) is 9.00 Å². The van der Waals surface area contributed by atoms with Crippen LogP contribution >= 0.6 is 11.6 Å². The predicted molar refractivity (Wildman–Crippen MR) is 92.0 cm³/mol. The van der Waals surface area contributed by atoms with Crippen molar-refractivity contribution in [2.45, 2.75) is 25.3 Å². The highest BCUT2D eigenvalue weighted by molar-refractivity contribution is 7.84. The first-order valence-corrected chi connectivity index (χ1v) is 9.28. The molecule has 1 heterocycles. The molecule has 0 aliphatic heterocycles. The monoisotopic (exact) mass is 384 g/mol. The van der Waals surface area contributed by atoms with Crippen molar-refractivity contribution in [1.29, 1.82) is 0 Å². The highest BCUT2D eigenvalue weighted by Crippen LogP contribution is 2.21. The molecule has 2 rings (SSSR count). The van der Waals surface area contributed by atoms with Gasteiger partial charge in [-0.05, 0) is 24.1 Å². The Bertz CT molecular complexity index is 800. The molecule has 7 nitrogen and oxygen atoms in total. The summed E-state index contributed by atoms with van der Waals surface area (Å²) in [6.45, 7) is 1.78. The summed E-state index contributed by atoms with van der Waals surface area (Å²) in [4.78, 5) is 19.9. The summed E-state index contributed by atoms with van der Waals surface area (Å²) in [6, 6.07) is 5.07. The Morgan fingerprint density at radius 2 is 2.16 bits per heavy atom. The Morgan fingerprint density at radius 1 is 1.40 bits per heavy atom. The number of benzene rings is 1. The Morgan fingerprint density at radius 3 is 2.76 bits per heavy atom. The van der Waals surface area contributed by atoms with Gasteiger partial charge in [0, 0.05) is 11.3 Å². The number of aliphatic hydroxyl groups is 1. The van der Waals surface area contributed by atoms with Crippen molar-refractivity contribution < 1.29 is 23.6 Å². The molecule has 0 saturated carbocycles. The third-order valence-corrected chi connectivity index (χ3v) is 4.21. The Balaban J connectivity index is 2.26. The van der Waals surface area contributed by atoms with E-state index < -0.39 is 16.8 Å². The molecule has 0 radical (unpaired) electrons. The average Bonchev–Trinajstić information content (AvgIpc) is 2.60. The smallest absolute Gasteiger partial charge is 0.345 e. The zero-order valence-corrected chi connectivity index (χ0v) is 15.3. The molecule has 25 heavy (non-hydrogen) atoms. The first-order valence-electron chi connectivity index (χ1n) is 7.34. The van der Waals surface area contributed by atoms with Crippen molar-refractivity contribution in [2.24, 2.45) is 0 Å². The van der Waals surface area contributed by atoms with Crippen LogP contribution in [0.3, 0.4) is 0 Å². The van der Waals surface area contributed by atoms with Gasteiger partial charge in [0.1, 0.15) is 12.2 Å². The number of aromatic nitrogens is 2. The van der Waals surface area contributed by atoms with E-state index in [2.05, 4.69) is 9.97 Å². The lowest BCUT2D eigenvalue weighted by Crippen LogP contribution is -2.12. The molecule has 1 aromatic heterocycles. The zero-order chi connectivity index (χ0) is 18.4. The number of esters is 1. The van der Waals surface area contributed by atoms with Gasteiger partial charge in [0.05, 0.1) is 30.2 Å². The van der Waals surface area contributed by atoms with Gasteiger partial charge in [-0.1, -0.05) is 23.7 Å². The molecule has 9 heteroatoms. The van der Waals surface area contributed by atoms with Crippen LogP contribution in [0.25, 0.3) is 0 Å². The molecule has 0 fully saturated rings. The molecule has 1 N–H and O–H groups in total. The molecule has 0 aliphatic rings. The van der Waals surface area contributed by atoms with Crippen LogP contribution < -0.4 is 4.74 Å². The largest absolute Gasteiger partial charge is 0.472 e. The van der Waals surface area contributed by atoms with Crippen molar-refractivity contribution in [3.63, 3.8) is 0 Å². The maximum Gasteiger partial charge on any atom is 0.345 e. The van der Waals surface area contributed by atoms with Gasteiger partial charge in [0.25, 0.3) is 0 Å². The molecule has 1 atom stereocenters. The van der Waals surface area contributed by atoms with Gasteiger partial charge in [-0.3, -0.25) is 4.21 Å². The number of carbonyl (C=O) groups is 1. The highest BCUT2D eigenvalue weighted by Gasteiger charge is 2.18. The molecule has 0 bridgehead atoms. The average molecular weight is 385 g/mol. The fourth-order valence-corrected chi connectivity index (χ4v) is 2.58. The van der Waals surface area contributed by atoms with Crippen LogP contribution in [0.5, 0.6) is 5.88 Å². The lowest BCUT2D eigenvalue weighted by molar-refractivity contribution is 0.0519. The van der Waals surface area contributed by atoms with Crippen molar-refractivity contribution >= 4 is 28.4 Å². The summed E-state index contributed by atoms with van der Waals surface area (Å²) in [6.07, 6.45) is 2.66. The second-order valence-corrected chi connectivity index (χ2v) is 6.60. The minimum absolute atomic E-state index is 0.0130. The maximum absolute atomic E-state index is 12.0. The van der Waals surface area contributed by atoms with E-state index in [-0.39, 0.29) is 36.4 Å². The van der Waals surface area contributed by atoms with E-state index in [0.717, 1.165) is 5.56 Å². The van der Waals surface area contributed by atoms with E-state index in [1.165, 1.54) is 12.5 Å². The first-order chi connectivity index (χ1) is 12.0. The minimum atomic E-state index is -1.42. The molecule has 134 valence electrons. The molecule has 0 amide bonds. The maximum atomic E-state index is 12.0. The summed E-state index contributed by atoms with van der Waals surface area (Å²) in [5, 5.41) is 9.60. The topological polar surface area (TPSA) is 98.6 Å². The Kier molecular flexibility index (Phi) is 6.86. The van der Waals surface area contributed by atoms with Gasteiger partial charge in [0.2, 0.25) is 11.0 Å². The van der Waals surface area contributed by atoms with E-state index in [4.69, 9.17) is 26.2 Å². The molecule has 0 spiro atoms. The molecule has 1 unspecified atom stereocenters. The van der Waals surface area contributed by atoms with Crippen LogP contribution in [-0.2, 0) is 28.8 Å². The van der Waals surface area contributed by atoms with Crippen LogP contribution in [0.1, 0.15) is 28.4 Å². The fourth-order valence-electron chi connectivity index (χ4n) is 1.91.